The highest BCUT2D eigenvalue weighted by Gasteiger charge is 2.24. The van der Waals surface area contributed by atoms with Gasteiger partial charge in [-0.05, 0) is 19.1 Å². The Hall–Kier alpha value is -2.30. The van der Waals surface area contributed by atoms with E-state index in [0.717, 1.165) is 16.6 Å². The second-order valence-electron chi connectivity index (χ2n) is 4.13. The van der Waals surface area contributed by atoms with Gasteiger partial charge in [0, 0.05) is 5.39 Å². The van der Waals surface area contributed by atoms with Gasteiger partial charge in [0.15, 0.2) is 0 Å². The fourth-order valence-electron chi connectivity index (χ4n) is 2.30. The van der Waals surface area contributed by atoms with Crippen molar-refractivity contribution in [2.24, 2.45) is 0 Å². The van der Waals surface area contributed by atoms with E-state index < -0.39 is 5.97 Å². The number of amides is 1. The molecule has 92 valence electrons. The lowest BCUT2D eigenvalue weighted by molar-refractivity contribution is -0.116. The average molecular weight is 244 g/mol. The summed E-state index contributed by atoms with van der Waals surface area (Å²) in [6.45, 7) is 2.23. The van der Waals surface area contributed by atoms with Gasteiger partial charge in [0.25, 0.3) is 0 Å². The molecule has 1 aliphatic rings. The molecule has 0 saturated carbocycles. The summed E-state index contributed by atoms with van der Waals surface area (Å²) in [5.74, 6) is -0.522. The zero-order chi connectivity index (χ0) is 12.7. The Bertz CT molecular complexity index is 658. The lowest BCUT2D eigenvalue weighted by Gasteiger charge is -2.17. The second kappa shape index (κ2) is 3.87. The largest absolute Gasteiger partial charge is 0.461 e. The number of carbonyl (C=O) groups excluding carboxylic acids is 2. The van der Waals surface area contributed by atoms with E-state index >= 15 is 0 Å². The van der Waals surface area contributed by atoms with Gasteiger partial charge in [-0.15, -0.1) is 0 Å². The summed E-state index contributed by atoms with van der Waals surface area (Å²) in [5, 5.41) is 3.72. The van der Waals surface area contributed by atoms with Gasteiger partial charge < -0.3 is 14.6 Å². The van der Waals surface area contributed by atoms with Crippen molar-refractivity contribution < 1.29 is 14.3 Å². The van der Waals surface area contributed by atoms with Crippen LogP contribution < -0.4 is 5.32 Å². The Labute approximate surface area is 103 Å². The monoisotopic (exact) mass is 244 g/mol. The first-order valence-electron chi connectivity index (χ1n) is 5.80. The third-order valence-corrected chi connectivity index (χ3v) is 2.98. The van der Waals surface area contributed by atoms with Crippen LogP contribution in [-0.2, 0) is 16.1 Å². The predicted octanol–water partition coefficient (Wildman–Crippen LogP) is 1.77. The van der Waals surface area contributed by atoms with E-state index in [9.17, 15) is 9.59 Å². The van der Waals surface area contributed by atoms with Gasteiger partial charge in [0.1, 0.15) is 12.2 Å². The molecule has 1 amide bonds. The summed E-state index contributed by atoms with van der Waals surface area (Å²) >= 11 is 0. The number of carbonyl (C=O) groups is 2. The molecule has 2 heterocycles. The van der Waals surface area contributed by atoms with Crippen LogP contribution in [0.4, 0.5) is 5.69 Å². The first-order chi connectivity index (χ1) is 8.70. The molecule has 5 nitrogen and oxygen atoms in total. The van der Waals surface area contributed by atoms with Crippen molar-refractivity contribution in [3.63, 3.8) is 0 Å². The fourth-order valence-corrected chi connectivity index (χ4v) is 2.30. The van der Waals surface area contributed by atoms with Crippen molar-refractivity contribution in [3.05, 3.63) is 30.0 Å². The van der Waals surface area contributed by atoms with Crippen molar-refractivity contribution in [2.45, 2.75) is 13.5 Å². The number of rotatable bonds is 2. The van der Waals surface area contributed by atoms with Crippen molar-refractivity contribution in [3.8, 4) is 0 Å². The molecule has 0 radical (unpaired) electrons. The minimum absolute atomic E-state index is 0.128. The van der Waals surface area contributed by atoms with Crippen LogP contribution in [0, 0.1) is 0 Å². The molecule has 5 heteroatoms. The molecular formula is C13H12N2O3. The molecule has 3 rings (SSSR count). The first kappa shape index (κ1) is 10.8. The fraction of sp³-hybridized carbons (Fsp3) is 0.231. The van der Waals surface area contributed by atoms with Gasteiger partial charge in [0.05, 0.1) is 17.8 Å². The normalized spacial score (nSPS) is 13.5. The maximum absolute atomic E-state index is 11.9. The summed E-state index contributed by atoms with van der Waals surface area (Å²) in [6, 6.07) is 7.35. The molecule has 1 N–H and O–H groups in total. The molecule has 0 aliphatic carbocycles. The van der Waals surface area contributed by atoms with E-state index in [1.807, 2.05) is 18.2 Å². The average Bonchev–Trinajstić information content (AvgIpc) is 2.70. The minimum atomic E-state index is -0.394. The molecule has 0 unspecified atom stereocenters. The van der Waals surface area contributed by atoms with Crippen LogP contribution in [0.25, 0.3) is 10.9 Å². The van der Waals surface area contributed by atoms with Crippen LogP contribution in [0.5, 0.6) is 0 Å². The highest BCUT2D eigenvalue weighted by atomic mass is 16.5. The van der Waals surface area contributed by atoms with Crippen molar-refractivity contribution in [1.82, 2.24) is 4.57 Å². The molecule has 1 aromatic heterocycles. The van der Waals surface area contributed by atoms with Crippen LogP contribution >= 0.6 is 0 Å². The number of esters is 1. The van der Waals surface area contributed by atoms with E-state index in [4.69, 9.17) is 4.74 Å². The van der Waals surface area contributed by atoms with Gasteiger partial charge in [-0.1, -0.05) is 12.1 Å². The zero-order valence-electron chi connectivity index (χ0n) is 9.90. The predicted molar refractivity (Wildman–Crippen MR) is 66.5 cm³/mol. The standard InChI is InChI=1S/C13H12N2O3/c1-2-18-13(17)10-6-8-4-3-5-9-12(8)15(10)7-11(16)14-9/h3-6H,2,7H2,1H3,(H,14,16). The highest BCUT2D eigenvalue weighted by molar-refractivity contribution is 6.07. The summed E-state index contributed by atoms with van der Waals surface area (Å²) in [6.07, 6.45) is 0. The number of para-hydroxylation sites is 1. The van der Waals surface area contributed by atoms with Crippen molar-refractivity contribution in [2.75, 3.05) is 11.9 Å². The number of aromatic nitrogens is 1. The molecule has 2 aromatic rings. The van der Waals surface area contributed by atoms with Gasteiger partial charge in [-0.2, -0.15) is 0 Å². The van der Waals surface area contributed by atoms with E-state index in [1.165, 1.54) is 0 Å². The lowest BCUT2D eigenvalue weighted by Crippen LogP contribution is -2.26. The van der Waals surface area contributed by atoms with Crippen LogP contribution in [0.2, 0.25) is 0 Å². The summed E-state index contributed by atoms with van der Waals surface area (Å²) < 4.78 is 6.72. The quantitative estimate of drug-likeness (QED) is 0.819. The highest BCUT2D eigenvalue weighted by Crippen LogP contribution is 2.30. The van der Waals surface area contributed by atoms with Gasteiger partial charge >= 0.3 is 5.97 Å². The van der Waals surface area contributed by atoms with Crippen LogP contribution in [0.1, 0.15) is 17.4 Å². The van der Waals surface area contributed by atoms with Crippen LogP contribution in [0.3, 0.4) is 0 Å². The van der Waals surface area contributed by atoms with Crippen LogP contribution in [0.15, 0.2) is 24.3 Å². The second-order valence-corrected chi connectivity index (χ2v) is 4.13. The Balaban J connectivity index is 2.24. The molecule has 0 spiro atoms. The third-order valence-electron chi connectivity index (χ3n) is 2.98. The molecule has 0 atom stereocenters. The number of hydrogen-bond donors (Lipinski definition) is 1. The third kappa shape index (κ3) is 1.48. The topological polar surface area (TPSA) is 60.3 Å². The smallest absolute Gasteiger partial charge is 0.354 e. The lowest BCUT2D eigenvalue weighted by atomic mass is 10.2. The van der Waals surface area contributed by atoms with Gasteiger partial charge in [0.2, 0.25) is 5.91 Å². The maximum atomic E-state index is 11.9. The molecule has 1 aliphatic heterocycles. The Morgan fingerprint density at radius 2 is 2.33 bits per heavy atom. The molecule has 18 heavy (non-hydrogen) atoms. The van der Waals surface area contributed by atoms with E-state index in [0.29, 0.717) is 12.3 Å². The number of hydrogen-bond acceptors (Lipinski definition) is 3. The molecule has 0 bridgehead atoms. The number of anilines is 1. The van der Waals surface area contributed by atoms with E-state index in [1.54, 1.807) is 17.6 Å². The molecule has 1 aromatic carbocycles. The van der Waals surface area contributed by atoms with Gasteiger partial charge in [-0.25, -0.2) is 4.79 Å². The summed E-state index contributed by atoms with van der Waals surface area (Å²) in [5.41, 5.74) is 2.04. The Morgan fingerprint density at radius 1 is 1.50 bits per heavy atom. The maximum Gasteiger partial charge on any atom is 0.354 e. The molecular weight excluding hydrogens is 232 g/mol. The molecule has 0 fully saturated rings. The summed E-state index contributed by atoms with van der Waals surface area (Å²) in [4.78, 5) is 23.5. The first-order valence-corrected chi connectivity index (χ1v) is 5.80. The van der Waals surface area contributed by atoms with Crippen molar-refractivity contribution in [1.29, 1.82) is 0 Å². The minimum Gasteiger partial charge on any atom is -0.461 e. The number of nitrogens with one attached hydrogen (secondary N) is 1. The van der Waals surface area contributed by atoms with Gasteiger partial charge in [-0.3, -0.25) is 4.79 Å². The SMILES string of the molecule is CCOC(=O)c1cc2cccc3c2n1CC(=O)N3. The van der Waals surface area contributed by atoms with E-state index in [-0.39, 0.29) is 12.5 Å². The summed E-state index contributed by atoms with van der Waals surface area (Å²) in [7, 11) is 0. The Kier molecular flexibility index (Phi) is 2.33. The van der Waals surface area contributed by atoms with E-state index in [2.05, 4.69) is 5.32 Å². The number of benzene rings is 1. The Morgan fingerprint density at radius 3 is 3.11 bits per heavy atom. The number of nitrogens with zero attached hydrogens (tertiary/aromatic N) is 1. The van der Waals surface area contributed by atoms with Crippen molar-refractivity contribution >= 4 is 28.5 Å². The number of ether oxygens (including phenoxy) is 1. The zero-order valence-corrected chi connectivity index (χ0v) is 9.90. The van der Waals surface area contributed by atoms with Crippen LogP contribution in [-0.4, -0.2) is 23.1 Å². The molecule has 0 saturated heterocycles.